The summed E-state index contributed by atoms with van der Waals surface area (Å²) in [5, 5.41) is 9.18. The van der Waals surface area contributed by atoms with E-state index in [4.69, 9.17) is 40.5 Å². The molecule has 1 aromatic heterocycles. The largest absolute Gasteiger partial charge is 0.366 e. The van der Waals surface area contributed by atoms with Crippen molar-refractivity contribution in [3.63, 3.8) is 0 Å². The average molecular weight is 307 g/mol. The first-order chi connectivity index (χ1) is 8.47. The summed E-state index contributed by atoms with van der Waals surface area (Å²) >= 11 is 17.6. The van der Waals surface area contributed by atoms with Gasteiger partial charge in [0.2, 0.25) is 11.8 Å². The lowest BCUT2D eigenvalue weighted by Gasteiger charge is -2.08. The van der Waals surface area contributed by atoms with E-state index in [1.807, 2.05) is 0 Å². The number of H-pyrrole nitrogens is 1. The number of benzene rings is 1. The first-order valence-corrected chi connectivity index (χ1v) is 5.74. The Morgan fingerprint density at radius 3 is 2.39 bits per heavy atom. The highest BCUT2D eigenvalue weighted by molar-refractivity contribution is 6.42. The van der Waals surface area contributed by atoms with Crippen molar-refractivity contribution in [1.29, 1.82) is 0 Å². The van der Waals surface area contributed by atoms with Gasteiger partial charge in [0, 0.05) is 5.02 Å². The lowest BCUT2D eigenvalue weighted by molar-refractivity contribution is 0.101. The van der Waals surface area contributed by atoms with Crippen LogP contribution in [-0.4, -0.2) is 21.1 Å². The van der Waals surface area contributed by atoms with E-state index in [9.17, 15) is 4.79 Å². The fraction of sp³-hybridized carbons (Fsp3) is 0. The van der Waals surface area contributed by atoms with E-state index in [2.05, 4.69) is 20.5 Å². The zero-order valence-electron chi connectivity index (χ0n) is 8.67. The number of hydrogen-bond acceptors (Lipinski definition) is 4. The molecule has 0 bridgehead atoms. The van der Waals surface area contributed by atoms with Crippen LogP contribution in [0, 0.1) is 0 Å². The molecular weight excluding hydrogens is 300 g/mol. The third kappa shape index (κ3) is 2.66. The van der Waals surface area contributed by atoms with E-state index in [0.717, 1.165) is 0 Å². The Kier molecular flexibility index (Phi) is 3.60. The fourth-order valence-electron chi connectivity index (χ4n) is 1.21. The minimum absolute atomic E-state index is 0.0338. The van der Waals surface area contributed by atoms with Gasteiger partial charge in [-0.3, -0.25) is 9.89 Å². The van der Waals surface area contributed by atoms with Crippen LogP contribution in [0.15, 0.2) is 12.1 Å². The number of hydrogen-bond donors (Lipinski definition) is 3. The van der Waals surface area contributed by atoms with Crippen molar-refractivity contribution in [2.75, 3.05) is 11.1 Å². The summed E-state index contributed by atoms with van der Waals surface area (Å²) in [6.45, 7) is 0. The molecule has 18 heavy (non-hydrogen) atoms. The van der Waals surface area contributed by atoms with Gasteiger partial charge in [-0.05, 0) is 12.1 Å². The van der Waals surface area contributed by atoms with Crippen LogP contribution in [-0.2, 0) is 0 Å². The number of rotatable bonds is 2. The van der Waals surface area contributed by atoms with Gasteiger partial charge in [0.1, 0.15) is 0 Å². The number of nitrogens with zero attached hydrogens (tertiary/aromatic N) is 2. The summed E-state index contributed by atoms with van der Waals surface area (Å²) in [7, 11) is 0. The summed E-state index contributed by atoms with van der Waals surface area (Å²) in [4.78, 5) is 15.4. The molecule has 0 saturated carbocycles. The monoisotopic (exact) mass is 305 g/mol. The van der Waals surface area contributed by atoms with E-state index in [1.54, 1.807) is 0 Å². The second-order valence-corrected chi connectivity index (χ2v) is 4.49. The molecule has 2 aromatic rings. The predicted octanol–water partition coefficient (Wildman–Crippen LogP) is 2.60. The van der Waals surface area contributed by atoms with Crippen molar-refractivity contribution in [2.24, 2.45) is 0 Å². The number of carbonyl (C=O) groups excluding carboxylic acids is 1. The Morgan fingerprint density at radius 2 is 1.89 bits per heavy atom. The first-order valence-electron chi connectivity index (χ1n) is 4.61. The maximum Gasteiger partial charge on any atom is 0.293 e. The molecular formula is C9H6Cl3N5O. The van der Waals surface area contributed by atoms with Crippen molar-refractivity contribution in [2.45, 2.75) is 0 Å². The van der Waals surface area contributed by atoms with Crippen LogP contribution in [0.1, 0.15) is 10.6 Å². The van der Waals surface area contributed by atoms with Gasteiger partial charge in [0.05, 0.1) is 15.7 Å². The third-order valence-corrected chi connectivity index (χ3v) is 2.78. The maximum absolute atomic E-state index is 11.8. The summed E-state index contributed by atoms with van der Waals surface area (Å²) in [6, 6.07) is 2.92. The molecule has 0 spiro atoms. The van der Waals surface area contributed by atoms with E-state index in [-0.39, 0.29) is 27.5 Å². The van der Waals surface area contributed by atoms with Crippen LogP contribution in [0.3, 0.4) is 0 Å². The Balaban J connectivity index is 2.27. The highest BCUT2D eigenvalue weighted by Crippen LogP contribution is 2.33. The van der Waals surface area contributed by atoms with Crippen molar-refractivity contribution < 1.29 is 4.79 Å². The number of amides is 1. The van der Waals surface area contributed by atoms with Crippen LogP contribution in [0.2, 0.25) is 15.1 Å². The van der Waals surface area contributed by atoms with E-state index >= 15 is 0 Å². The summed E-state index contributed by atoms with van der Waals surface area (Å²) < 4.78 is 0. The highest BCUT2D eigenvalue weighted by atomic mass is 35.5. The van der Waals surface area contributed by atoms with Crippen LogP contribution in [0.4, 0.5) is 11.6 Å². The molecule has 94 valence electrons. The van der Waals surface area contributed by atoms with Gasteiger partial charge < -0.3 is 11.1 Å². The molecule has 2 rings (SSSR count). The molecule has 0 aliphatic heterocycles. The summed E-state index contributed by atoms with van der Waals surface area (Å²) in [6.07, 6.45) is 0. The normalized spacial score (nSPS) is 10.4. The van der Waals surface area contributed by atoms with Crippen LogP contribution >= 0.6 is 34.8 Å². The second kappa shape index (κ2) is 5.01. The topological polar surface area (TPSA) is 96.7 Å². The smallest absolute Gasteiger partial charge is 0.293 e. The maximum atomic E-state index is 11.8. The molecule has 6 nitrogen and oxygen atoms in total. The molecule has 9 heteroatoms. The SMILES string of the molecule is Nc1n[nH]c(C(=O)Nc2c(Cl)cc(Cl)cc2Cl)n1. The van der Waals surface area contributed by atoms with Gasteiger partial charge >= 0.3 is 0 Å². The molecule has 0 aliphatic carbocycles. The lowest BCUT2D eigenvalue weighted by Crippen LogP contribution is -2.14. The summed E-state index contributed by atoms with van der Waals surface area (Å²) in [5.41, 5.74) is 5.53. The molecule has 0 radical (unpaired) electrons. The molecule has 0 unspecified atom stereocenters. The molecule has 0 fully saturated rings. The summed E-state index contributed by atoms with van der Waals surface area (Å²) in [5.74, 6) is -0.645. The zero-order chi connectivity index (χ0) is 13.3. The molecule has 0 saturated heterocycles. The molecule has 1 amide bonds. The number of nitrogens with two attached hydrogens (primary N) is 1. The van der Waals surface area contributed by atoms with Gasteiger partial charge in [0.25, 0.3) is 5.91 Å². The number of nitrogens with one attached hydrogen (secondary N) is 2. The van der Waals surface area contributed by atoms with E-state index < -0.39 is 5.91 Å². The van der Waals surface area contributed by atoms with Gasteiger partial charge in [-0.1, -0.05) is 34.8 Å². The van der Waals surface area contributed by atoms with E-state index in [1.165, 1.54) is 12.1 Å². The fourth-order valence-corrected chi connectivity index (χ4v) is 2.12. The van der Waals surface area contributed by atoms with Gasteiger partial charge in [-0.15, -0.1) is 5.10 Å². The Morgan fingerprint density at radius 1 is 1.28 bits per heavy atom. The Labute approximate surface area is 116 Å². The molecule has 1 heterocycles. The number of halogens is 3. The predicted molar refractivity (Wildman–Crippen MR) is 70.2 cm³/mol. The van der Waals surface area contributed by atoms with Crippen LogP contribution in [0.5, 0.6) is 0 Å². The Bertz CT molecular complexity index is 589. The third-order valence-electron chi connectivity index (χ3n) is 1.96. The van der Waals surface area contributed by atoms with Crippen molar-refractivity contribution >= 4 is 52.3 Å². The number of anilines is 2. The number of carbonyl (C=O) groups is 1. The first kappa shape index (κ1) is 12.9. The van der Waals surface area contributed by atoms with Crippen molar-refractivity contribution in [3.8, 4) is 0 Å². The van der Waals surface area contributed by atoms with Gasteiger partial charge in [-0.25, -0.2) is 0 Å². The molecule has 4 N–H and O–H groups in total. The molecule has 0 aliphatic rings. The van der Waals surface area contributed by atoms with Gasteiger partial charge in [-0.2, -0.15) is 4.98 Å². The second-order valence-electron chi connectivity index (χ2n) is 3.24. The minimum atomic E-state index is -0.565. The number of aromatic amines is 1. The van der Waals surface area contributed by atoms with Gasteiger partial charge in [0.15, 0.2) is 0 Å². The molecule has 1 aromatic carbocycles. The van der Waals surface area contributed by atoms with Crippen molar-refractivity contribution in [3.05, 3.63) is 33.0 Å². The molecule has 0 atom stereocenters. The number of aromatic nitrogens is 3. The zero-order valence-corrected chi connectivity index (χ0v) is 10.9. The lowest BCUT2D eigenvalue weighted by atomic mass is 10.3. The quantitative estimate of drug-likeness (QED) is 0.794. The Hall–Kier alpha value is -1.50. The van der Waals surface area contributed by atoms with Crippen LogP contribution in [0.25, 0.3) is 0 Å². The highest BCUT2D eigenvalue weighted by Gasteiger charge is 2.15. The van der Waals surface area contributed by atoms with Crippen LogP contribution < -0.4 is 11.1 Å². The van der Waals surface area contributed by atoms with E-state index in [0.29, 0.717) is 5.02 Å². The standard InChI is InChI=1S/C9H6Cl3N5O/c10-3-1-4(11)6(5(12)2-3)14-8(18)7-15-9(13)17-16-7/h1-2H,(H,14,18)(H3,13,15,16,17). The number of nitrogen functional groups attached to an aromatic ring is 1. The minimum Gasteiger partial charge on any atom is -0.366 e. The average Bonchev–Trinajstić information content (AvgIpc) is 2.70. The van der Waals surface area contributed by atoms with Crippen molar-refractivity contribution in [1.82, 2.24) is 15.2 Å².